The topological polar surface area (TPSA) is 67.5 Å². The third-order valence-electron chi connectivity index (χ3n) is 4.31. The van der Waals surface area contributed by atoms with Crippen LogP contribution in [0.5, 0.6) is 11.5 Å². The molecule has 1 aliphatic heterocycles. The predicted molar refractivity (Wildman–Crippen MR) is 87.2 cm³/mol. The molecule has 1 aliphatic rings. The number of ether oxygens (including phenoxy) is 2. The highest BCUT2D eigenvalue weighted by molar-refractivity contribution is 5.40. The van der Waals surface area contributed by atoms with Crippen LogP contribution in [0.15, 0.2) is 23.0 Å². The molecule has 6 nitrogen and oxygen atoms in total. The Balaban J connectivity index is 1.85. The van der Waals surface area contributed by atoms with E-state index in [1.165, 1.54) is 0 Å². The van der Waals surface area contributed by atoms with E-state index in [2.05, 4.69) is 4.98 Å². The fraction of sp³-hybridized carbons (Fsp3) is 0.412. The number of methoxy groups -OCH3 is 2. The first-order valence-corrected chi connectivity index (χ1v) is 7.94. The molecule has 2 heterocycles. The number of H-pyrrole nitrogens is 1. The summed E-state index contributed by atoms with van der Waals surface area (Å²) in [4.78, 5) is 19.3. The molecule has 140 valence electrons. The zero-order chi connectivity index (χ0) is 18.9. The molecule has 0 saturated carbocycles. The maximum atomic E-state index is 12.9. The summed E-state index contributed by atoms with van der Waals surface area (Å²) in [5.41, 5.74) is 0.636. The second-order valence-corrected chi connectivity index (χ2v) is 5.98. The molecule has 1 aromatic carbocycles. The smallest absolute Gasteiger partial charge is 0.449 e. The van der Waals surface area contributed by atoms with Gasteiger partial charge in [-0.25, -0.2) is 4.98 Å². The minimum Gasteiger partial charge on any atom is -0.497 e. The van der Waals surface area contributed by atoms with E-state index in [0.717, 1.165) is 5.56 Å². The van der Waals surface area contributed by atoms with Gasteiger partial charge >= 0.3 is 6.18 Å². The number of rotatable bonds is 4. The van der Waals surface area contributed by atoms with E-state index in [1.54, 1.807) is 26.4 Å². The van der Waals surface area contributed by atoms with Crippen LogP contribution in [0.1, 0.15) is 22.6 Å². The zero-order valence-electron chi connectivity index (χ0n) is 14.3. The summed E-state index contributed by atoms with van der Waals surface area (Å²) in [5.74, 6) is 0.0210. The van der Waals surface area contributed by atoms with Crippen molar-refractivity contribution in [1.29, 1.82) is 0 Å². The average molecular weight is 369 g/mol. The van der Waals surface area contributed by atoms with Gasteiger partial charge in [0, 0.05) is 36.8 Å². The van der Waals surface area contributed by atoms with Gasteiger partial charge in [-0.2, -0.15) is 13.2 Å². The van der Waals surface area contributed by atoms with Crippen molar-refractivity contribution in [3.8, 4) is 11.5 Å². The van der Waals surface area contributed by atoms with Crippen LogP contribution in [0.3, 0.4) is 0 Å². The van der Waals surface area contributed by atoms with Gasteiger partial charge in [-0.3, -0.25) is 9.69 Å². The molecule has 0 saturated heterocycles. The first-order chi connectivity index (χ1) is 12.3. The number of aromatic amines is 1. The van der Waals surface area contributed by atoms with Crippen LogP contribution >= 0.6 is 0 Å². The van der Waals surface area contributed by atoms with Crippen LogP contribution in [0, 0.1) is 0 Å². The minimum atomic E-state index is -4.68. The monoisotopic (exact) mass is 369 g/mol. The van der Waals surface area contributed by atoms with E-state index < -0.39 is 17.6 Å². The van der Waals surface area contributed by atoms with Gasteiger partial charge < -0.3 is 14.5 Å². The lowest BCUT2D eigenvalue weighted by atomic mass is 10.1. The fourth-order valence-corrected chi connectivity index (χ4v) is 2.99. The van der Waals surface area contributed by atoms with Crippen molar-refractivity contribution in [2.24, 2.45) is 0 Å². The van der Waals surface area contributed by atoms with E-state index in [1.807, 2.05) is 16.0 Å². The van der Waals surface area contributed by atoms with Gasteiger partial charge in [0.2, 0.25) is 5.82 Å². The molecule has 0 radical (unpaired) electrons. The third kappa shape index (κ3) is 3.67. The Labute approximate surface area is 147 Å². The number of fused-ring (bicyclic) bond motifs is 1. The van der Waals surface area contributed by atoms with E-state index >= 15 is 0 Å². The minimum absolute atomic E-state index is 0.164. The van der Waals surface area contributed by atoms with E-state index in [4.69, 9.17) is 9.47 Å². The predicted octanol–water partition coefficient (Wildman–Crippen LogP) is 2.36. The van der Waals surface area contributed by atoms with E-state index in [9.17, 15) is 18.0 Å². The summed E-state index contributed by atoms with van der Waals surface area (Å²) >= 11 is 0. The number of hydrogen-bond donors (Lipinski definition) is 1. The lowest BCUT2D eigenvalue weighted by Crippen LogP contribution is -2.36. The van der Waals surface area contributed by atoms with Crippen LogP contribution in [-0.2, 0) is 25.7 Å². The van der Waals surface area contributed by atoms with Gasteiger partial charge in [0.05, 0.1) is 19.9 Å². The highest BCUT2D eigenvalue weighted by atomic mass is 19.4. The lowest BCUT2D eigenvalue weighted by Gasteiger charge is -2.28. The maximum Gasteiger partial charge on any atom is 0.449 e. The van der Waals surface area contributed by atoms with Gasteiger partial charge in [0.1, 0.15) is 11.5 Å². The molecule has 0 atom stereocenters. The van der Waals surface area contributed by atoms with E-state index in [-0.39, 0.29) is 12.2 Å². The summed E-state index contributed by atoms with van der Waals surface area (Å²) < 4.78 is 49.1. The number of hydrogen-bond acceptors (Lipinski definition) is 5. The Kier molecular flexibility index (Phi) is 4.90. The largest absolute Gasteiger partial charge is 0.497 e. The molecule has 0 amide bonds. The summed E-state index contributed by atoms with van der Waals surface area (Å²) in [7, 11) is 3.10. The van der Waals surface area contributed by atoms with Crippen LogP contribution in [0.25, 0.3) is 0 Å². The first-order valence-electron chi connectivity index (χ1n) is 7.94. The van der Waals surface area contributed by atoms with Crippen molar-refractivity contribution < 1.29 is 22.6 Å². The molecule has 0 aliphatic carbocycles. The molecule has 0 fully saturated rings. The Morgan fingerprint density at radius 2 is 2.04 bits per heavy atom. The zero-order valence-corrected chi connectivity index (χ0v) is 14.3. The number of alkyl halides is 3. The molecule has 0 bridgehead atoms. The highest BCUT2D eigenvalue weighted by Crippen LogP contribution is 2.29. The maximum absolute atomic E-state index is 12.9. The first kappa shape index (κ1) is 18.2. The Morgan fingerprint density at radius 1 is 1.27 bits per heavy atom. The summed E-state index contributed by atoms with van der Waals surface area (Å²) in [5, 5.41) is 0. The van der Waals surface area contributed by atoms with Crippen molar-refractivity contribution in [2.45, 2.75) is 25.7 Å². The van der Waals surface area contributed by atoms with Crippen molar-refractivity contribution in [3.63, 3.8) is 0 Å². The second kappa shape index (κ2) is 6.99. The number of benzene rings is 1. The molecule has 1 N–H and O–H groups in total. The molecule has 0 spiro atoms. The van der Waals surface area contributed by atoms with Crippen LogP contribution in [0.4, 0.5) is 13.2 Å². The molecular formula is C17H18F3N3O3. The third-order valence-corrected chi connectivity index (χ3v) is 4.31. The van der Waals surface area contributed by atoms with Gasteiger partial charge in [0.25, 0.3) is 5.56 Å². The summed E-state index contributed by atoms with van der Waals surface area (Å²) in [6.45, 7) is 1.16. The molecule has 2 aromatic rings. The number of nitrogens with zero attached hydrogens (tertiary/aromatic N) is 2. The summed E-state index contributed by atoms with van der Waals surface area (Å²) in [6.07, 6.45) is -4.34. The van der Waals surface area contributed by atoms with Crippen molar-refractivity contribution in [2.75, 3.05) is 20.8 Å². The van der Waals surface area contributed by atoms with Crippen LogP contribution in [-0.4, -0.2) is 35.6 Å². The Bertz CT molecular complexity index is 865. The van der Waals surface area contributed by atoms with Gasteiger partial charge in [0.15, 0.2) is 0 Å². The van der Waals surface area contributed by atoms with E-state index in [0.29, 0.717) is 36.6 Å². The normalized spacial score (nSPS) is 14.8. The summed E-state index contributed by atoms with van der Waals surface area (Å²) in [6, 6.07) is 5.39. The van der Waals surface area contributed by atoms with Gasteiger partial charge in [-0.15, -0.1) is 0 Å². The average Bonchev–Trinajstić information content (AvgIpc) is 2.61. The molecule has 26 heavy (non-hydrogen) atoms. The fourth-order valence-electron chi connectivity index (χ4n) is 2.99. The second-order valence-electron chi connectivity index (χ2n) is 5.98. The molecule has 3 rings (SSSR count). The van der Waals surface area contributed by atoms with Crippen LogP contribution in [0.2, 0.25) is 0 Å². The standard InChI is InChI=1S/C17H18F3N3O3/c1-25-11-4-3-10(14(7-11)26-2)8-23-6-5-12-13(9-23)21-16(17(18,19)20)22-15(12)24/h3-4,7H,5-6,8-9H2,1-2H3,(H,21,22,24). The quantitative estimate of drug-likeness (QED) is 0.896. The molecule has 0 unspecified atom stereocenters. The molecule has 9 heteroatoms. The Hall–Kier alpha value is -2.55. The highest BCUT2D eigenvalue weighted by Gasteiger charge is 2.36. The number of halogens is 3. The van der Waals surface area contributed by atoms with Crippen molar-refractivity contribution >= 4 is 0 Å². The Morgan fingerprint density at radius 3 is 2.69 bits per heavy atom. The van der Waals surface area contributed by atoms with Gasteiger partial charge in [-0.1, -0.05) is 6.07 Å². The van der Waals surface area contributed by atoms with Crippen molar-refractivity contribution in [1.82, 2.24) is 14.9 Å². The molecular weight excluding hydrogens is 351 g/mol. The SMILES string of the molecule is COc1ccc(CN2CCc3c(nc(C(F)(F)F)[nH]c3=O)C2)c(OC)c1. The number of nitrogens with one attached hydrogen (secondary N) is 1. The molecule has 1 aromatic heterocycles. The van der Waals surface area contributed by atoms with Gasteiger partial charge in [-0.05, 0) is 12.5 Å². The van der Waals surface area contributed by atoms with Crippen LogP contribution < -0.4 is 15.0 Å². The van der Waals surface area contributed by atoms with Crippen molar-refractivity contribution in [3.05, 3.63) is 51.2 Å². The number of aromatic nitrogens is 2. The lowest BCUT2D eigenvalue weighted by molar-refractivity contribution is -0.145.